The van der Waals surface area contributed by atoms with Crippen molar-refractivity contribution in [3.05, 3.63) is 34.3 Å². The molecule has 0 fully saturated rings. The van der Waals surface area contributed by atoms with Crippen LogP contribution in [0.4, 0.5) is 16.4 Å². The zero-order valence-corrected chi connectivity index (χ0v) is 8.85. The minimum Gasteiger partial charge on any atom is -0.360 e. The summed E-state index contributed by atoms with van der Waals surface area (Å²) in [4.78, 5) is 22.2. The summed E-state index contributed by atoms with van der Waals surface area (Å²) in [6.07, 6.45) is 0. The highest BCUT2D eigenvalue weighted by Gasteiger charge is 2.06. The number of H-pyrrole nitrogens is 1. The molecule has 2 aromatic rings. The molecule has 8 heteroatoms. The number of aryl methyl sites for hydroxylation is 1. The number of hydrogen-bond donors (Lipinski definition) is 3. The van der Waals surface area contributed by atoms with Crippen LogP contribution in [-0.2, 0) is 0 Å². The van der Waals surface area contributed by atoms with E-state index in [1.54, 1.807) is 13.0 Å². The molecule has 0 bridgehead atoms. The van der Waals surface area contributed by atoms with Crippen LogP contribution < -0.4 is 16.2 Å². The Morgan fingerprint density at radius 3 is 2.71 bits per heavy atom. The van der Waals surface area contributed by atoms with Crippen LogP contribution in [0.25, 0.3) is 0 Å². The normalized spacial score (nSPS) is 9.94. The van der Waals surface area contributed by atoms with Gasteiger partial charge in [0.25, 0.3) is 5.56 Å². The second kappa shape index (κ2) is 4.47. The quantitative estimate of drug-likeness (QED) is 0.709. The Kier molecular flexibility index (Phi) is 2.86. The van der Waals surface area contributed by atoms with Crippen molar-refractivity contribution in [1.29, 1.82) is 0 Å². The zero-order valence-electron chi connectivity index (χ0n) is 8.85. The molecule has 0 radical (unpaired) electrons. The van der Waals surface area contributed by atoms with Crippen LogP contribution in [0, 0.1) is 6.92 Å². The molecule has 0 aliphatic rings. The number of urea groups is 1. The van der Waals surface area contributed by atoms with Gasteiger partial charge < -0.3 is 4.52 Å². The molecule has 0 spiro atoms. The fourth-order valence-corrected chi connectivity index (χ4v) is 1.10. The average Bonchev–Trinajstić information content (AvgIpc) is 2.67. The fraction of sp³-hybridized carbons (Fsp3) is 0.111. The number of aromatic nitrogens is 3. The zero-order chi connectivity index (χ0) is 12.3. The van der Waals surface area contributed by atoms with Crippen molar-refractivity contribution in [3.63, 3.8) is 0 Å². The van der Waals surface area contributed by atoms with Crippen LogP contribution in [0.5, 0.6) is 0 Å². The SMILES string of the molecule is Cc1cc(NC(=O)Nc2ccc(=O)[nH]n2)no1. The maximum atomic E-state index is 11.4. The smallest absolute Gasteiger partial charge is 0.326 e. The molecule has 88 valence electrons. The van der Waals surface area contributed by atoms with Crippen LogP contribution >= 0.6 is 0 Å². The molecule has 2 rings (SSSR count). The Hall–Kier alpha value is -2.64. The number of nitrogens with zero attached hydrogens (tertiary/aromatic N) is 2. The van der Waals surface area contributed by atoms with Crippen molar-refractivity contribution in [2.24, 2.45) is 0 Å². The molecule has 0 unspecified atom stereocenters. The lowest BCUT2D eigenvalue weighted by atomic mass is 10.5. The van der Waals surface area contributed by atoms with E-state index in [0.29, 0.717) is 11.6 Å². The van der Waals surface area contributed by atoms with Gasteiger partial charge in [-0.25, -0.2) is 9.89 Å². The van der Waals surface area contributed by atoms with Crippen LogP contribution in [0.2, 0.25) is 0 Å². The van der Waals surface area contributed by atoms with Gasteiger partial charge in [-0.3, -0.25) is 15.4 Å². The number of carbonyl (C=O) groups excluding carboxylic acids is 1. The van der Waals surface area contributed by atoms with Crippen LogP contribution in [0.3, 0.4) is 0 Å². The molecule has 0 saturated carbocycles. The maximum Gasteiger partial charge on any atom is 0.326 e. The van der Waals surface area contributed by atoms with Crippen molar-refractivity contribution in [1.82, 2.24) is 15.4 Å². The molecule has 0 atom stereocenters. The van der Waals surface area contributed by atoms with Gasteiger partial charge in [-0.2, -0.15) is 5.10 Å². The van der Waals surface area contributed by atoms with Crippen LogP contribution in [-0.4, -0.2) is 21.4 Å². The third-order valence-corrected chi connectivity index (χ3v) is 1.79. The number of amides is 2. The van der Waals surface area contributed by atoms with Gasteiger partial charge in [-0.05, 0) is 13.0 Å². The van der Waals surface area contributed by atoms with Crippen LogP contribution in [0.1, 0.15) is 5.76 Å². The van der Waals surface area contributed by atoms with Crippen molar-refractivity contribution in [3.8, 4) is 0 Å². The predicted molar refractivity (Wildman–Crippen MR) is 58.7 cm³/mol. The lowest BCUT2D eigenvalue weighted by Crippen LogP contribution is -2.21. The Morgan fingerprint density at radius 2 is 2.12 bits per heavy atom. The largest absolute Gasteiger partial charge is 0.360 e. The number of hydrogen-bond acceptors (Lipinski definition) is 5. The standard InChI is InChI=1S/C9H9N5O3/c1-5-4-7(14-17-5)11-9(16)10-6-2-3-8(15)13-12-6/h2-4H,1H3,(H,13,15)(H2,10,11,12,14,16). The van der Waals surface area contributed by atoms with E-state index in [1.807, 2.05) is 0 Å². The van der Waals surface area contributed by atoms with Gasteiger partial charge in [0.2, 0.25) is 0 Å². The molecule has 2 amide bonds. The molecular weight excluding hydrogens is 226 g/mol. The summed E-state index contributed by atoms with van der Waals surface area (Å²) in [6.45, 7) is 1.71. The van der Waals surface area contributed by atoms with Crippen molar-refractivity contribution in [2.45, 2.75) is 6.92 Å². The van der Waals surface area contributed by atoms with Gasteiger partial charge in [0.1, 0.15) is 5.76 Å². The number of rotatable bonds is 2. The second-order valence-corrected chi connectivity index (χ2v) is 3.21. The Morgan fingerprint density at radius 1 is 1.35 bits per heavy atom. The van der Waals surface area contributed by atoms with E-state index in [2.05, 4.69) is 26.0 Å². The molecule has 0 aliphatic carbocycles. The van der Waals surface area contributed by atoms with E-state index in [4.69, 9.17) is 4.52 Å². The fourth-order valence-electron chi connectivity index (χ4n) is 1.10. The van der Waals surface area contributed by atoms with Crippen molar-refractivity contribution < 1.29 is 9.32 Å². The third-order valence-electron chi connectivity index (χ3n) is 1.79. The summed E-state index contributed by atoms with van der Waals surface area (Å²) in [5.41, 5.74) is -0.344. The van der Waals surface area contributed by atoms with Gasteiger partial charge in [0, 0.05) is 12.1 Å². The molecule has 0 aromatic carbocycles. The van der Waals surface area contributed by atoms with Crippen molar-refractivity contribution >= 4 is 17.7 Å². The summed E-state index contributed by atoms with van der Waals surface area (Å²) >= 11 is 0. The van der Waals surface area contributed by atoms with Crippen LogP contribution in [0.15, 0.2) is 27.5 Å². The first kappa shape index (κ1) is 10.9. The molecule has 17 heavy (non-hydrogen) atoms. The summed E-state index contributed by atoms with van der Waals surface area (Å²) in [5, 5.41) is 14.2. The second-order valence-electron chi connectivity index (χ2n) is 3.21. The van der Waals surface area contributed by atoms with Gasteiger partial charge in [-0.1, -0.05) is 5.16 Å². The molecular formula is C9H9N5O3. The predicted octanol–water partition coefficient (Wildman–Crippen LogP) is 0.710. The molecule has 8 nitrogen and oxygen atoms in total. The average molecular weight is 235 g/mol. The van der Waals surface area contributed by atoms with Crippen molar-refractivity contribution in [2.75, 3.05) is 10.6 Å². The first-order chi connectivity index (χ1) is 8.13. The third kappa shape index (κ3) is 2.91. The van der Waals surface area contributed by atoms with E-state index in [-0.39, 0.29) is 11.4 Å². The molecule has 0 saturated heterocycles. The Balaban J connectivity index is 1.97. The number of carbonyl (C=O) groups is 1. The number of nitrogens with one attached hydrogen (secondary N) is 3. The lowest BCUT2D eigenvalue weighted by Gasteiger charge is -2.02. The van der Waals surface area contributed by atoms with Gasteiger partial charge in [0.15, 0.2) is 11.6 Å². The molecule has 0 aliphatic heterocycles. The highest BCUT2D eigenvalue weighted by atomic mass is 16.5. The monoisotopic (exact) mass is 235 g/mol. The minimum atomic E-state index is -0.530. The van der Waals surface area contributed by atoms with E-state index >= 15 is 0 Å². The topological polar surface area (TPSA) is 113 Å². The summed E-state index contributed by atoms with van der Waals surface area (Å²) < 4.78 is 4.78. The maximum absolute atomic E-state index is 11.4. The lowest BCUT2D eigenvalue weighted by molar-refractivity contribution is 0.261. The summed E-state index contributed by atoms with van der Waals surface area (Å²) in [6, 6.07) is 3.67. The van der Waals surface area contributed by atoms with E-state index < -0.39 is 6.03 Å². The molecule has 3 N–H and O–H groups in total. The minimum absolute atomic E-state index is 0.224. The summed E-state index contributed by atoms with van der Waals surface area (Å²) in [5.74, 6) is 1.11. The van der Waals surface area contributed by atoms with Gasteiger partial charge in [-0.15, -0.1) is 0 Å². The highest BCUT2D eigenvalue weighted by Crippen LogP contribution is 2.07. The number of anilines is 2. The molecule has 2 heterocycles. The van der Waals surface area contributed by atoms with E-state index in [0.717, 1.165) is 0 Å². The van der Waals surface area contributed by atoms with E-state index in [1.165, 1.54) is 12.1 Å². The first-order valence-electron chi connectivity index (χ1n) is 4.70. The summed E-state index contributed by atoms with van der Waals surface area (Å²) in [7, 11) is 0. The number of aromatic amines is 1. The van der Waals surface area contributed by atoms with Gasteiger partial charge in [0.05, 0.1) is 0 Å². The van der Waals surface area contributed by atoms with E-state index in [9.17, 15) is 9.59 Å². The Labute approximate surface area is 95.0 Å². The molecule has 2 aromatic heterocycles. The Bertz CT molecular complexity index is 568. The first-order valence-corrected chi connectivity index (χ1v) is 4.70. The van der Waals surface area contributed by atoms with Gasteiger partial charge >= 0.3 is 6.03 Å². The highest BCUT2D eigenvalue weighted by molar-refractivity contribution is 5.98.